The summed E-state index contributed by atoms with van der Waals surface area (Å²) in [5, 5.41) is 3.64. The van der Waals surface area contributed by atoms with Crippen LogP contribution >= 0.6 is 27.5 Å². The number of carbonyl (C=O) groups excluding carboxylic acids is 1. The highest BCUT2D eigenvalue weighted by Gasteiger charge is 2.45. The highest BCUT2D eigenvalue weighted by atomic mass is 79.9. The molecule has 2 N–H and O–H groups in total. The molecule has 1 aromatic heterocycles. The molecule has 1 unspecified atom stereocenters. The Morgan fingerprint density at radius 2 is 2.12 bits per heavy atom. The minimum absolute atomic E-state index is 0.0437. The van der Waals surface area contributed by atoms with Gasteiger partial charge in [0.15, 0.2) is 0 Å². The molecule has 1 amide bonds. The number of H-pyrrole nitrogens is 1. The molecule has 0 aliphatic heterocycles. The molecule has 2 aliphatic rings. The fraction of sp³-hybridized carbons (Fsp3) is 0.333. The highest BCUT2D eigenvalue weighted by molar-refractivity contribution is 9.10. The van der Waals surface area contributed by atoms with Crippen molar-refractivity contribution in [1.29, 1.82) is 0 Å². The number of nitrogens with one attached hydrogen (secondary N) is 2. The van der Waals surface area contributed by atoms with E-state index in [1.165, 1.54) is 0 Å². The normalized spacial score (nSPS) is 24.5. The van der Waals surface area contributed by atoms with Crippen molar-refractivity contribution in [2.24, 2.45) is 11.8 Å². The van der Waals surface area contributed by atoms with Crippen molar-refractivity contribution in [2.45, 2.75) is 25.2 Å². The zero-order valence-corrected chi connectivity index (χ0v) is 15.2. The average molecular weight is 408 g/mol. The van der Waals surface area contributed by atoms with Crippen LogP contribution in [0.2, 0.25) is 5.02 Å². The maximum absolute atomic E-state index is 12.9. The van der Waals surface area contributed by atoms with Gasteiger partial charge in [-0.25, -0.2) is 0 Å². The maximum Gasteiger partial charge on any atom is 0.248 e. The quantitative estimate of drug-likeness (QED) is 0.787. The first-order valence-electron chi connectivity index (χ1n) is 8.00. The number of aromatic nitrogens is 1. The molecule has 2 aromatic rings. The summed E-state index contributed by atoms with van der Waals surface area (Å²) in [4.78, 5) is 27.2. The van der Waals surface area contributed by atoms with E-state index in [-0.39, 0.29) is 23.3 Å². The molecule has 0 radical (unpaired) electrons. The number of carbonyl (C=O) groups is 1. The molecule has 3 atom stereocenters. The predicted octanol–water partition coefficient (Wildman–Crippen LogP) is 4.10. The van der Waals surface area contributed by atoms with Gasteiger partial charge < -0.3 is 10.3 Å². The Labute approximate surface area is 152 Å². The average Bonchev–Trinajstić information content (AvgIpc) is 2.86. The van der Waals surface area contributed by atoms with Gasteiger partial charge in [0.1, 0.15) is 0 Å². The molecule has 2 bridgehead atoms. The van der Waals surface area contributed by atoms with Crippen LogP contribution in [0, 0.1) is 11.8 Å². The van der Waals surface area contributed by atoms with E-state index in [9.17, 15) is 9.59 Å². The second-order valence-corrected chi connectivity index (χ2v) is 7.83. The third-order valence-electron chi connectivity index (χ3n) is 5.21. The molecule has 0 spiro atoms. The van der Waals surface area contributed by atoms with Gasteiger partial charge in [0.2, 0.25) is 11.5 Å². The van der Waals surface area contributed by atoms with Crippen molar-refractivity contribution in [3.05, 3.63) is 61.4 Å². The Bertz CT molecular complexity index is 880. The third-order valence-corrected chi connectivity index (χ3v) is 6.42. The lowest BCUT2D eigenvalue weighted by atomic mass is 9.75. The van der Waals surface area contributed by atoms with E-state index < -0.39 is 0 Å². The van der Waals surface area contributed by atoms with Gasteiger partial charge in [0, 0.05) is 28.3 Å². The first-order valence-corrected chi connectivity index (χ1v) is 9.17. The number of aromatic amines is 1. The van der Waals surface area contributed by atoms with Gasteiger partial charge in [-0.05, 0) is 76.4 Å². The van der Waals surface area contributed by atoms with E-state index in [1.807, 2.05) is 6.07 Å². The molecule has 1 heterocycles. The molecule has 124 valence electrons. The van der Waals surface area contributed by atoms with E-state index in [1.54, 1.807) is 24.4 Å². The number of hydrogen-bond donors (Lipinski definition) is 2. The first kappa shape index (κ1) is 15.9. The first-order chi connectivity index (χ1) is 11.5. The molecule has 1 saturated carbocycles. The van der Waals surface area contributed by atoms with Crippen molar-refractivity contribution in [3.8, 4) is 0 Å². The van der Waals surface area contributed by atoms with Crippen molar-refractivity contribution >= 4 is 39.1 Å². The van der Waals surface area contributed by atoms with Gasteiger partial charge in [-0.1, -0.05) is 11.6 Å². The number of anilines is 1. The van der Waals surface area contributed by atoms with Crippen LogP contribution in [0.1, 0.15) is 29.9 Å². The van der Waals surface area contributed by atoms with E-state index in [0.29, 0.717) is 10.9 Å². The summed E-state index contributed by atoms with van der Waals surface area (Å²) in [6.07, 6.45) is 4.61. The number of benzene rings is 1. The summed E-state index contributed by atoms with van der Waals surface area (Å²) < 4.78 is 0.761. The minimum Gasteiger partial charge on any atom is -0.329 e. The standard InChI is InChI=1S/C18H16BrClN2O2/c19-14-7-11(2-4-15(14)20)22-18(24)17-9-1-3-12(17)13-8-21-16(23)6-10(13)5-9/h2,4,6-9,12,17H,1,3,5H2,(H,21,23)(H,22,24)/t9-,12-,17?/m1/s1. The minimum atomic E-state index is -0.0675. The molecular formula is C18H16BrClN2O2. The van der Waals surface area contributed by atoms with Gasteiger partial charge in [-0.2, -0.15) is 0 Å². The number of hydrogen-bond acceptors (Lipinski definition) is 2. The smallest absolute Gasteiger partial charge is 0.248 e. The SMILES string of the molecule is O=C(Nc1ccc(Cl)c(Br)c1)C1[C@@H]2CC[C@@H]1c1c[nH]c(=O)cc1C2. The second-order valence-electron chi connectivity index (χ2n) is 6.57. The largest absolute Gasteiger partial charge is 0.329 e. The topological polar surface area (TPSA) is 62.0 Å². The summed E-state index contributed by atoms with van der Waals surface area (Å²) in [5.74, 6) is 0.498. The molecule has 1 fully saturated rings. The molecule has 0 saturated heterocycles. The van der Waals surface area contributed by atoms with Crippen molar-refractivity contribution in [2.75, 3.05) is 5.32 Å². The van der Waals surface area contributed by atoms with Crippen LogP contribution in [-0.2, 0) is 11.2 Å². The third kappa shape index (κ3) is 2.70. The molecule has 4 nitrogen and oxygen atoms in total. The van der Waals surface area contributed by atoms with E-state index >= 15 is 0 Å². The van der Waals surface area contributed by atoms with Gasteiger partial charge in [0.25, 0.3) is 0 Å². The van der Waals surface area contributed by atoms with Crippen LogP contribution in [-0.4, -0.2) is 10.9 Å². The van der Waals surface area contributed by atoms with Crippen LogP contribution in [0.4, 0.5) is 5.69 Å². The molecule has 1 aromatic carbocycles. The second kappa shape index (κ2) is 6.05. The Morgan fingerprint density at radius 1 is 1.29 bits per heavy atom. The Kier molecular flexibility index (Phi) is 4.01. The zero-order valence-electron chi connectivity index (χ0n) is 12.8. The van der Waals surface area contributed by atoms with Crippen LogP contribution in [0.15, 0.2) is 39.7 Å². The number of pyridine rings is 1. The van der Waals surface area contributed by atoms with Crippen molar-refractivity contribution in [3.63, 3.8) is 0 Å². The Morgan fingerprint density at radius 3 is 2.92 bits per heavy atom. The Balaban J connectivity index is 1.60. The summed E-state index contributed by atoms with van der Waals surface area (Å²) in [5.41, 5.74) is 2.90. The molecule has 4 rings (SSSR count). The van der Waals surface area contributed by atoms with Crippen molar-refractivity contribution in [1.82, 2.24) is 4.98 Å². The Hall–Kier alpha value is -1.59. The number of fused-ring (bicyclic) bond motifs is 4. The fourth-order valence-corrected chi connectivity index (χ4v) is 4.68. The lowest BCUT2D eigenvalue weighted by Crippen LogP contribution is -2.34. The summed E-state index contributed by atoms with van der Waals surface area (Å²) in [6, 6.07) is 7.07. The summed E-state index contributed by atoms with van der Waals surface area (Å²) in [6.45, 7) is 0. The van der Waals surface area contributed by atoms with Gasteiger partial charge in [-0.3, -0.25) is 9.59 Å². The van der Waals surface area contributed by atoms with E-state index in [4.69, 9.17) is 11.6 Å². The summed E-state index contributed by atoms with van der Waals surface area (Å²) in [7, 11) is 0. The van der Waals surface area contributed by atoms with Crippen LogP contribution in [0.3, 0.4) is 0 Å². The molecule has 2 aliphatic carbocycles. The maximum atomic E-state index is 12.9. The predicted molar refractivity (Wildman–Crippen MR) is 97.5 cm³/mol. The number of amides is 1. The van der Waals surface area contributed by atoms with Crippen LogP contribution < -0.4 is 10.9 Å². The van der Waals surface area contributed by atoms with Gasteiger partial charge >= 0.3 is 0 Å². The summed E-state index contributed by atoms with van der Waals surface area (Å²) >= 11 is 9.38. The number of halogens is 2. The van der Waals surface area contributed by atoms with E-state index in [0.717, 1.165) is 40.5 Å². The molecule has 6 heteroatoms. The van der Waals surface area contributed by atoms with Crippen LogP contribution in [0.5, 0.6) is 0 Å². The number of rotatable bonds is 2. The lowest BCUT2D eigenvalue weighted by Gasteiger charge is -2.31. The zero-order chi connectivity index (χ0) is 16.8. The molecular weight excluding hydrogens is 392 g/mol. The van der Waals surface area contributed by atoms with E-state index in [2.05, 4.69) is 26.2 Å². The monoisotopic (exact) mass is 406 g/mol. The molecule has 24 heavy (non-hydrogen) atoms. The highest BCUT2D eigenvalue weighted by Crippen LogP contribution is 2.50. The fourth-order valence-electron chi connectivity index (χ4n) is 4.18. The van der Waals surface area contributed by atoms with Crippen molar-refractivity contribution < 1.29 is 4.79 Å². The lowest BCUT2D eigenvalue weighted by molar-refractivity contribution is -0.121. The van der Waals surface area contributed by atoms with Crippen LogP contribution in [0.25, 0.3) is 0 Å². The van der Waals surface area contributed by atoms with Gasteiger partial charge in [-0.15, -0.1) is 0 Å². The van der Waals surface area contributed by atoms with Gasteiger partial charge in [0.05, 0.1) is 5.02 Å².